The Morgan fingerprint density at radius 3 is 1.02 bits per heavy atom. The number of hydrogen-bond acceptors (Lipinski definition) is 6. The molecule has 0 aromatic heterocycles. The van der Waals surface area contributed by atoms with Crippen LogP contribution in [0, 0.1) is 0 Å². The van der Waals surface area contributed by atoms with Gasteiger partial charge in [0, 0.05) is 19.3 Å². The van der Waals surface area contributed by atoms with E-state index in [1.807, 2.05) is 0 Å². The molecule has 0 saturated carbocycles. The van der Waals surface area contributed by atoms with Crippen molar-refractivity contribution < 1.29 is 33.1 Å². The van der Waals surface area contributed by atoms with Crippen molar-refractivity contribution in [2.45, 2.75) is 213 Å². The van der Waals surface area contributed by atoms with E-state index in [0.717, 1.165) is 56.0 Å². The number of ether oxygens (including phenoxy) is 3. The molecule has 290 valence electrons. The Balaban J connectivity index is 4.25. The molecule has 0 aromatic carbocycles. The molecule has 0 aliphatic heterocycles. The largest absolute Gasteiger partial charge is 0.462 e. The minimum atomic E-state index is -0.771. The highest BCUT2D eigenvalue weighted by atomic mass is 16.6. The maximum absolute atomic E-state index is 12.6. The van der Waals surface area contributed by atoms with Crippen molar-refractivity contribution in [1.82, 2.24) is 0 Å². The second kappa shape index (κ2) is 34.8. The molecule has 0 bridgehead atoms. The number of hydrogen-bond donors (Lipinski definition) is 0. The van der Waals surface area contributed by atoms with Gasteiger partial charge in [-0.3, -0.25) is 14.4 Å². The van der Waals surface area contributed by atoms with Crippen LogP contribution in [0.5, 0.6) is 0 Å². The highest BCUT2D eigenvalue weighted by molar-refractivity contribution is 5.71. The van der Waals surface area contributed by atoms with E-state index < -0.39 is 6.10 Å². The van der Waals surface area contributed by atoms with E-state index in [9.17, 15) is 14.4 Å². The molecule has 0 N–H and O–H groups in total. The van der Waals surface area contributed by atoms with Crippen LogP contribution in [-0.4, -0.2) is 69.4 Å². The fourth-order valence-corrected chi connectivity index (χ4v) is 6.15. The minimum absolute atomic E-state index is 0.0756. The van der Waals surface area contributed by atoms with Crippen molar-refractivity contribution >= 4 is 17.9 Å². The normalized spacial score (nSPS) is 12.2. The van der Waals surface area contributed by atoms with E-state index in [1.54, 1.807) is 0 Å². The molecule has 1 atom stereocenters. The average Bonchev–Trinajstić information content (AvgIpc) is 3.06. The second-order valence-corrected chi connectivity index (χ2v) is 15.6. The van der Waals surface area contributed by atoms with Gasteiger partial charge in [-0.2, -0.15) is 0 Å². The van der Waals surface area contributed by atoms with Gasteiger partial charge in [-0.05, 0) is 12.8 Å². The predicted molar refractivity (Wildman–Crippen MR) is 205 cm³/mol. The SMILES string of the molecule is CCCCCCCCCCCCCCCC(=O)OC[C@@H](COC(=O)CCC[N+](C)(C)C)OC(=O)CCCCCCCCCCCCCCC. The first-order valence-electron chi connectivity index (χ1n) is 21.0. The van der Waals surface area contributed by atoms with Crippen molar-refractivity contribution in [3.63, 3.8) is 0 Å². The summed E-state index contributed by atoms with van der Waals surface area (Å²) in [5.74, 6) is -0.916. The highest BCUT2D eigenvalue weighted by Gasteiger charge is 2.20. The van der Waals surface area contributed by atoms with Gasteiger partial charge >= 0.3 is 17.9 Å². The summed E-state index contributed by atoms with van der Waals surface area (Å²) in [5.41, 5.74) is 0. The standard InChI is InChI=1S/C42H82NO6/c1-6-8-10-12-14-16-18-20-22-24-26-28-30-33-40(44)47-37-39(38-48-41(45)35-32-36-43(3,4)5)49-42(46)34-31-29-27-25-23-21-19-17-15-13-11-9-7-2/h39H,6-38H2,1-5H3/q+1/t39-/m0/s1. The van der Waals surface area contributed by atoms with Crippen LogP contribution in [-0.2, 0) is 28.6 Å². The fourth-order valence-electron chi connectivity index (χ4n) is 6.15. The molecule has 0 aliphatic rings. The summed E-state index contributed by atoms with van der Waals surface area (Å²) in [7, 11) is 6.26. The lowest BCUT2D eigenvalue weighted by atomic mass is 10.0. The molecule has 0 rings (SSSR count). The highest BCUT2D eigenvalue weighted by Crippen LogP contribution is 2.15. The summed E-state index contributed by atoms with van der Waals surface area (Å²) >= 11 is 0. The fraction of sp³-hybridized carbons (Fsp3) is 0.929. The number of rotatable bonds is 37. The summed E-state index contributed by atoms with van der Waals surface area (Å²) in [6, 6.07) is 0. The maximum atomic E-state index is 12.6. The van der Waals surface area contributed by atoms with Gasteiger partial charge in [0.2, 0.25) is 0 Å². The third-order valence-corrected chi connectivity index (χ3v) is 9.34. The Labute approximate surface area is 303 Å². The van der Waals surface area contributed by atoms with Crippen LogP contribution in [0.25, 0.3) is 0 Å². The van der Waals surface area contributed by atoms with E-state index in [1.165, 1.54) is 128 Å². The van der Waals surface area contributed by atoms with Crippen LogP contribution in [0.1, 0.15) is 206 Å². The van der Waals surface area contributed by atoms with E-state index >= 15 is 0 Å². The summed E-state index contributed by atoms with van der Waals surface area (Å²) < 4.78 is 17.3. The van der Waals surface area contributed by atoms with Crippen LogP contribution in [0.2, 0.25) is 0 Å². The molecule has 0 heterocycles. The molecule has 49 heavy (non-hydrogen) atoms. The van der Waals surface area contributed by atoms with Crippen molar-refractivity contribution in [3.05, 3.63) is 0 Å². The number of unbranched alkanes of at least 4 members (excludes halogenated alkanes) is 24. The molecule has 7 nitrogen and oxygen atoms in total. The number of esters is 3. The van der Waals surface area contributed by atoms with Gasteiger partial charge in [0.15, 0.2) is 6.10 Å². The van der Waals surface area contributed by atoms with Crippen molar-refractivity contribution in [3.8, 4) is 0 Å². The first-order valence-corrected chi connectivity index (χ1v) is 21.0. The van der Waals surface area contributed by atoms with E-state index in [4.69, 9.17) is 14.2 Å². The quantitative estimate of drug-likeness (QED) is 0.0278. The number of carbonyl (C=O) groups is 3. The predicted octanol–water partition coefficient (Wildman–Crippen LogP) is 11.4. The number of quaternary nitrogens is 1. The number of carbonyl (C=O) groups excluding carboxylic acids is 3. The zero-order valence-electron chi connectivity index (χ0n) is 33.3. The Bertz CT molecular complexity index is 765. The summed E-state index contributed by atoms with van der Waals surface area (Å²) in [6.07, 6.45) is 33.5. The van der Waals surface area contributed by atoms with Crippen LogP contribution in [0.3, 0.4) is 0 Å². The van der Waals surface area contributed by atoms with E-state index in [-0.39, 0.29) is 31.1 Å². The summed E-state index contributed by atoms with van der Waals surface area (Å²) in [4.78, 5) is 37.4. The molecule has 0 amide bonds. The molecule has 0 aliphatic carbocycles. The first kappa shape index (κ1) is 47.4. The van der Waals surface area contributed by atoms with Crippen LogP contribution < -0.4 is 0 Å². The van der Waals surface area contributed by atoms with Gasteiger partial charge in [-0.15, -0.1) is 0 Å². The monoisotopic (exact) mass is 697 g/mol. The molecule has 0 aromatic rings. The lowest BCUT2D eigenvalue weighted by Crippen LogP contribution is -2.35. The van der Waals surface area contributed by atoms with Gasteiger partial charge in [0.1, 0.15) is 13.2 Å². The van der Waals surface area contributed by atoms with Crippen molar-refractivity contribution in [2.24, 2.45) is 0 Å². The smallest absolute Gasteiger partial charge is 0.306 e. The topological polar surface area (TPSA) is 78.9 Å². The zero-order valence-corrected chi connectivity index (χ0v) is 33.3. The molecule has 0 unspecified atom stereocenters. The summed E-state index contributed by atoms with van der Waals surface area (Å²) in [5, 5.41) is 0. The lowest BCUT2D eigenvalue weighted by molar-refractivity contribution is -0.870. The maximum Gasteiger partial charge on any atom is 0.306 e. The van der Waals surface area contributed by atoms with Crippen LogP contribution in [0.4, 0.5) is 0 Å². The molecule has 0 radical (unpaired) electrons. The Kier molecular flexibility index (Phi) is 33.6. The molecule has 0 fully saturated rings. The molecule has 7 heteroatoms. The third-order valence-electron chi connectivity index (χ3n) is 9.34. The summed E-state index contributed by atoms with van der Waals surface area (Å²) in [6.45, 7) is 5.23. The molecular formula is C42H82NO6+. The Morgan fingerprint density at radius 2 is 0.694 bits per heavy atom. The van der Waals surface area contributed by atoms with Gasteiger partial charge in [0.05, 0.1) is 34.1 Å². The Morgan fingerprint density at radius 1 is 0.408 bits per heavy atom. The molecular weight excluding hydrogens is 614 g/mol. The average molecular weight is 697 g/mol. The third kappa shape index (κ3) is 37.5. The minimum Gasteiger partial charge on any atom is -0.462 e. The number of nitrogens with zero attached hydrogens (tertiary/aromatic N) is 1. The first-order chi connectivity index (χ1) is 23.7. The zero-order chi connectivity index (χ0) is 36.3. The van der Waals surface area contributed by atoms with Gasteiger partial charge in [-0.25, -0.2) is 0 Å². The van der Waals surface area contributed by atoms with Crippen molar-refractivity contribution in [2.75, 3.05) is 40.9 Å². The second-order valence-electron chi connectivity index (χ2n) is 15.6. The van der Waals surface area contributed by atoms with Crippen molar-refractivity contribution in [1.29, 1.82) is 0 Å². The molecule has 0 spiro atoms. The van der Waals surface area contributed by atoms with Gasteiger partial charge in [0.25, 0.3) is 0 Å². The van der Waals surface area contributed by atoms with E-state index in [0.29, 0.717) is 19.3 Å². The van der Waals surface area contributed by atoms with Crippen LogP contribution in [0.15, 0.2) is 0 Å². The van der Waals surface area contributed by atoms with Gasteiger partial charge < -0.3 is 18.7 Å². The van der Waals surface area contributed by atoms with Crippen LogP contribution >= 0.6 is 0 Å². The molecule has 0 saturated heterocycles. The lowest BCUT2D eigenvalue weighted by Gasteiger charge is -2.23. The van der Waals surface area contributed by atoms with Gasteiger partial charge in [-0.1, -0.05) is 168 Å². The van der Waals surface area contributed by atoms with E-state index in [2.05, 4.69) is 35.0 Å². The Hall–Kier alpha value is -1.63.